The number of thiophene rings is 1. The molecule has 0 amide bonds. The van der Waals surface area contributed by atoms with E-state index in [1.165, 1.54) is 32.7 Å². The molecule has 0 aliphatic carbocycles. The summed E-state index contributed by atoms with van der Waals surface area (Å²) in [5.74, 6) is 0. The fourth-order valence-electron chi connectivity index (χ4n) is 8.61. The predicted octanol–water partition coefficient (Wildman–Crippen LogP) is 17.4. The zero-order chi connectivity index (χ0) is 49.1. The van der Waals surface area contributed by atoms with E-state index in [-0.39, 0.29) is 0 Å². The second-order valence-electron chi connectivity index (χ2n) is 18.0. The molecule has 6 nitrogen and oxygen atoms in total. The van der Waals surface area contributed by atoms with Gasteiger partial charge in [0.1, 0.15) is 0 Å². The average Bonchev–Trinajstić information content (AvgIpc) is 3.95. The molecule has 0 atom stereocenters. The lowest BCUT2D eigenvalue weighted by atomic mass is 10.0. The Balaban J connectivity index is 0.845. The van der Waals surface area contributed by atoms with Crippen LogP contribution in [0.15, 0.2) is 258 Å². The van der Waals surface area contributed by atoms with Crippen molar-refractivity contribution in [3.8, 4) is 0 Å². The van der Waals surface area contributed by atoms with E-state index in [9.17, 15) is 0 Å². The maximum Gasteiger partial charge on any atom is 0.0759 e. The number of nitrogens with zero attached hydrogens (tertiary/aromatic N) is 6. The van der Waals surface area contributed by atoms with Gasteiger partial charge in [-0.3, -0.25) is 5.01 Å². The molecule has 10 rings (SSSR count). The molecule has 0 spiro atoms. The Morgan fingerprint density at radius 1 is 0.347 bits per heavy atom. The lowest BCUT2D eigenvalue weighted by Gasteiger charge is -2.26. The molecule has 9 aromatic carbocycles. The minimum Gasteiger partial charge on any atom is -0.311 e. The van der Waals surface area contributed by atoms with E-state index in [2.05, 4.69) is 259 Å². The SMILES string of the molecule is Cc1ccc(N(c2ccc(C)cc2)c2ccc(/C=N/N(c3ccccc3)c3ccc(Cc4ccc(N(c5ccc(C)cc5)c5ccc(/C=N/N(Cc6cccs6)c6ccccc6)cc5)cc4)cc3)cc2)cc1. The van der Waals surface area contributed by atoms with Crippen LogP contribution in [0.5, 0.6) is 0 Å². The van der Waals surface area contributed by atoms with Crippen LogP contribution in [-0.2, 0) is 13.0 Å². The molecule has 0 aliphatic heterocycles. The maximum absolute atomic E-state index is 5.07. The molecular weight excluding hydrogens is 897 g/mol. The van der Waals surface area contributed by atoms with Gasteiger partial charge < -0.3 is 9.80 Å². The van der Waals surface area contributed by atoms with E-state index in [0.29, 0.717) is 6.54 Å². The van der Waals surface area contributed by atoms with Gasteiger partial charge in [-0.05, 0) is 170 Å². The number of hydrazone groups is 2. The number of benzene rings is 9. The van der Waals surface area contributed by atoms with E-state index in [0.717, 1.165) is 68.7 Å². The summed E-state index contributed by atoms with van der Waals surface area (Å²) < 4.78 is 0. The predicted molar refractivity (Wildman–Crippen MR) is 306 cm³/mol. The summed E-state index contributed by atoms with van der Waals surface area (Å²) in [6.07, 6.45) is 4.68. The van der Waals surface area contributed by atoms with Gasteiger partial charge in [0.2, 0.25) is 0 Å². The molecule has 0 unspecified atom stereocenters. The van der Waals surface area contributed by atoms with Gasteiger partial charge in [-0.25, -0.2) is 5.01 Å². The first-order valence-electron chi connectivity index (χ1n) is 24.3. The second-order valence-corrected chi connectivity index (χ2v) is 19.0. The zero-order valence-electron chi connectivity index (χ0n) is 40.8. The summed E-state index contributed by atoms with van der Waals surface area (Å²) in [5.41, 5.74) is 17.8. The molecule has 0 saturated heterocycles. The highest BCUT2D eigenvalue weighted by Gasteiger charge is 2.16. The molecular formula is C65H56N6S. The number of aryl methyl sites for hydroxylation is 3. The Labute approximate surface area is 428 Å². The second kappa shape index (κ2) is 22.3. The van der Waals surface area contributed by atoms with E-state index in [1.54, 1.807) is 11.3 Å². The van der Waals surface area contributed by atoms with Gasteiger partial charge in [0.05, 0.1) is 36.0 Å². The normalized spacial score (nSPS) is 11.3. The number of hydrogen-bond acceptors (Lipinski definition) is 7. The summed E-state index contributed by atoms with van der Waals surface area (Å²) in [5, 5.41) is 16.2. The number of rotatable bonds is 17. The van der Waals surface area contributed by atoms with Crippen molar-refractivity contribution < 1.29 is 0 Å². The highest BCUT2D eigenvalue weighted by atomic mass is 32.1. The molecule has 0 bridgehead atoms. The smallest absolute Gasteiger partial charge is 0.0759 e. The first-order chi connectivity index (χ1) is 35.4. The minimum atomic E-state index is 0.711. The van der Waals surface area contributed by atoms with Gasteiger partial charge in [-0.1, -0.05) is 144 Å². The molecule has 0 fully saturated rings. The van der Waals surface area contributed by atoms with Crippen LogP contribution in [0.2, 0.25) is 0 Å². The summed E-state index contributed by atoms with van der Waals surface area (Å²) in [6.45, 7) is 7.08. The van der Waals surface area contributed by atoms with Gasteiger partial charge >= 0.3 is 0 Å². The molecule has 0 N–H and O–H groups in total. The summed E-state index contributed by atoms with van der Waals surface area (Å²) in [7, 11) is 0. The number of para-hydroxylation sites is 2. The van der Waals surface area contributed by atoms with E-state index >= 15 is 0 Å². The number of anilines is 9. The van der Waals surface area contributed by atoms with Crippen molar-refractivity contribution in [3.63, 3.8) is 0 Å². The van der Waals surface area contributed by atoms with Crippen molar-refractivity contribution in [3.05, 3.63) is 292 Å². The number of hydrogen-bond donors (Lipinski definition) is 0. The summed E-state index contributed by atoms with van der Waals surface area (Å²) in [4.78, 5) is 5.86. The van der Waals surface area contributed by atoms with Crippen LogP contribution in [0, 0.1) is 20.8 Å². The van der Waals surface area contributed by atoms with Crippen LogP contribution in [0.1, 0.15) is 43.8 Å². The van der Waals surface area contributed by atoms with E-state index < -0.39 is 0 Å². The Kier molecular flexibility index (Phi) is 14.5. The standard InChI is InChI=1S/C65H56N6S/c1-49-16-30-57(31-17-49)69(58-32-18-50(2)19-33-58)61-40-28-55(29-41-61)47-67-71(63-13-8-5-9-14-63)64-42-24-53(25-43-64)45-52-22-36-60(37-23-52)70(59-34-20-51(3)21-35-59)62-38-26-54(27-39-62)46-66-68(48-65-15-10-44-72-65)56-11-6-4-7-12-56/h4-44,46-47H,45,48H2,1-3H3/b66-46+,67-47+. The van der Waals surface area contributed by atoms with Crippen molar-refractivity contribution in [2.24, 2.45) is 10.2 Å². The molecule has 72 heavy (non-hydrogen) atoms. The Hall–Kier alpha value is -8.78. The lowest BCUT2D eigenvalue weighted by molar-refractivity contribution is 0.871. The molecule has 7 heteroatoms. The van der Waals surface area contributed by atoms with Crippen LogP contribution in [0.25, 0.3) is 0 Å². The Bertz CT molecular complexity index is 3270. The van der Waals surface area contributed by atoms with Gasteiger partial charge in [0.25, 0.3) is 0 Å². The van der Waals surface area contributed by atoms with Gasteiger partial charge in [0.15, 0.2) is 0 Å². The first kappa shape index (κ1) is 46.9. The first-order valence-corrected chi connectivity index (χ1v) is 25.2. The summed E-state index contributed by atoms with van der Waals surface area (Å²) in [6, 6.07) is 85.9. The zero-order valence-corrected chi connectivity index (χ0v) is 41.6. The van der Waals surface area contributed by atoms with Crippen molar-refractivity contribution in [1.29, 1.82) is 0 Å². The molecule has 0 saturated carbocycles. The average molecular weight is 953 g/mol. The maximum atomic E-state index is 5.07. The molecule has 352 valence electrons. The van der Waals surface area contributed by atoms with Crippen LogP contribution >= 0.6 is 11.3 Å². The van der Waals surface area contributed by atoms with Crippen LogP contribution < -0.4 is 19.8 Å². The molecule has 10 aromatic rings. The highest BCUT2D eigenvalue weighted by molar-refractivity contribution is 7.09. The third kappa shape index (κ3) is 11.6. The quantitative estimate of drug-likeness (QED) is 0.0673. The third-order valence-corrected chi connectivity index (χ3v) is 13.4. The fraction of sp³-hybridized carbons (Fsp3) is 0.0769. The molecule has 0 aliphatic rings. The van der Waals surface area contributed by atoms with Crippen LogP contribution in [0.3, 0.4) is 0 Å². The third-order valence-electron chi connectivity index (χ3n) is 12.6. The Morgan fingerprint density at radius 2 is 0.708 bits per heavy atom. The van der Waals surface area contributed by atoms with Crippen LogP contribution in [-0.4, -0.2) is 12.4 Å². The van der Waals surface area contributed by atoms with Crippen molar-refractivity contribution in [2.75, 3.05) is 19.8 Å². The van der Waals surface area contributed by atoms with Crippen molar-refractivity contribution >= 4 is 75.0 Å². The van der Waals surface area contributed by atoms with Crippen LogP contribution in [0.4, 0.5) is 51.2 Å². The van der Waals surface area contributed by atoms with Gasteiger partial charge in [-0.15, -0.1) is 11.3 Å². The van der Waals surface area contributed by atoms with Crippen molar-refractivity contribution in [2.45, 2.75) is 33.7 Å². The topological polar surface area (TPSA) is 37.7 Å². The summed E-state index contributed by atoms with van der Waals surface area (Å²) >= 11 is 1.74. The van der Waals surface area contributed by atoms with E-state index in [1.807, 2.05) is 41.7 Å². The lowest BCUT2D eigenvalue weighted by Crippen LogP contribution is -2.15. The molecule has 1 aromatic heterocycles. The largest absolute Gasteiger partial charge is 0.311 e. The molecule has 1 heterocycles. The monoisotopic (exact) mass is 952 g/mol. The highest BCUT2D eigenvalue weighted by Crippen LogP contribution is 2.37. The molecule has 0 radical (unpaired) electrons. The Morgan fingerprint density at radius 3 is 1.12 bits per heavy atom. The van der Waals surface area contributed by atoms with E-state index in [4.69, 9.17) is 10.2 Å². The van der Waals surface area contributed by atoms with Gasteiger partial charge in [0, 0.05) is 39.0 Å². The van der Waals surface area contributed by atoms with Crippen molar-refractivity contribution in [1.82, 2.24) is 0 Å². The van der Waals surface area contributed by atoms with Gasteiger partial charge in [-0.2, -0.15) is 10.2 Å². The minimum absolute atomic E-state index is 0.711. The fourth-order valence-corrected chi connectivity index (χ4v) is 9.30.